The third-order valence-electron chi connectivity index (χ3n) is 1.42. The van der Waals surface area contributed by atoms with Gasteiger partial charge in [0.2, 0.25) is 0 Å². The second kappa shape index (κ2) is 6.20. The number of aliphatic carboxylic acids is 1. The summed E-state index contributed by atoms with van der Waals surface area (Å²) in [4.78, 5) is 31.6. The lowest BCUT2D eigenvalue weighted by molar-refractivity contribution is -0.143. The van der Waals surface area contributed by atoms with Gasteiger partial charge in [0.05, 0.1) is 7.11 Å². The highest BCUT2D eigenvalue weighted by molar-refractivity contribution is 6.63. The zero-order valence-electron chi connectivity index (χ0n) is 7.45. The monoisotopic (exact) mass is 223 g/mol. The fourth-order valence-electron chi connectivity index (χ4n) is 0.796. The molecule has 0 aromatic heterocycles. The van der Waals surface area contributed by atoms with Crippen molar-refractivity contribution in [3.05, 3.63) is 0 Å². The fourth-order valence-corrected chi connectivity index (χ4v) is 0.928. The molecule has 1 atom stereocenters. The van der Waals surface area contributed by atoms with E-state index in [1.54, 1.807) is 0 Å². The van der Waals surface area contributed by atoms with E-state index in [-0.39, 0.29) is 12.8 Å². The van der Waals surface area contributed by atoms with Gasteiger partial charge in [-0.2, -0.15) is 0 Å². The number of halogens is 1. The quantitative estimate of drug-likeness (QED) is 0.398. The Balaban J connectivity index is 4.17. The predicted octanol–water partition coefficient (Wildman–Crippen LogP) is 0.341. The number of esters is 1. The van der Waals surface area contributed by atoms with Crippen LogP contribution < -0.4 is 5.32 Å². The van der Waals surface area contributed by atoms with Crippen molar-refractivity contribution in [2.75, 3.05) is 7.11 Å². The lowest BCUT2D eigenvalue weighted by atomic mass is 10.1. The Hall–Kier alpha value is -1.30. The summed E-state index contributed by atoms with van der Waals surface area (Å²) >= 11 is 4.98. The number of methoxy groups -OCH3 is 1. The van der Waals surface area contributed by atoms with Crippen molar-refractivity contribution in [3.63, 3.8) is 0 Å². The first kappa shape index (κ1) is 12.7. The van der Waals surface area contributed by atoms with Crippen molar-refractivity contribution in [2.24, 2.45) is 0 Å². The molecule has 0 aliphatic rings. The number of nitrogens with one attached hydrogen (secondary N) is 1. The third kappa shape index (κ3) is 5.36. The van der Waals surface area contributed by atoms with E-state index in [0.29, 0.717) is 0 Å². The van der Waals surface area contributed by atoms with Gasteiger partial charge >= 0.3 is 17.3 Å². The molecule has 0 rings (SSSR count). The molecule has 0 radical (unpaired) electrons. The minimum Gasteiger partial charge on any atom is -0.481 e. The van der Waals surface area contributed by atoms with Crippen molar-refractivity contribution in [1.29, 1.82) is 0 Å². The minimum atomic E-state index is -1.07. The summed E-state index contributed by atoms with van der Waals surface area (Å²) in [6, 6.07) is -1.01. The molecule has 0 aromatic rings. The number of ether oxygens (including phenoxy) is 1. The van der Waals surface area contributed by atoms with Crippen molar-refractivity contribution < 1.29 is 24.2 Å². The average Bonchev–Trinajstić information content (AvgIpc) is 2.10. The Bertz CT molecular complexity index is 242. The molecule has 80 valence electrons. The molecule has 2 N–H and O–H groups in total. The number of carboxylic acids is 1. The van der Waals surface area contributed by atoms with Crippen molar-refractivity contribution in [3.8, 4) is 0 Å². The summed E-state index contributed by atoms with van der Waals surface area (Å²) in [5.41, 5.74) is 0. The fraction of sp³-hybridized carbons (Fsp3) is 0.571. The minimum absolute atomic E-state index is 0.0551. The van der Waals surface area contributed by atoms with E-state index in [0.717, 1.165) is 7.11 Å². The normalized spacial score (nSPS) is 11.6. The summed E-state index contributed by atoms with van der Waals surface area (Å²) in [6.07, 6.45) is -0.308. The van der Waals surface area contributed by atoms with Gasteiger partial charge in [-0.15, -0.1) is 0 Å². The Labute approximate surface area is 85.2 Å². The Morgan fingerprint density at radius 3 is 2.43 bits per heavy atom. The van der Waals surface area contributed by atoms with Crippen LogP contribution in [0.5, 0.6) is 0 Å². The second-order valence-corrected chi connectivity index (χ2v) is 2.77. The van der Waals surface area contributed by atoms with Gasteiger partial charge in [0.1, 0.15) is 6.04 Å². The predicted molar refractivity (Wildman–Crippen MR) is 47.1 cm³/mol. The number of amides is 1. The topological polar surface area (TPSA) is 92.7 Å². The zero-order valence-corrected chi connectivity index (χ0v) is 8.21. The van der Waals surface area contributed by atoms with Gasteiger partial charge in [-0.25, -0.2) is 4.79 Å². The van der Waals surface area contributed by atoms with Crippen molar-refractivity contribution >= 4 is 28.9 Å². The van der Waals surface area contributed by atoms with E-state index in [1.807, 2.05) is 0 Å². The first-order valence-corrected chi connectivity index (χ1v) is 4.10. The Morgan fingerprint density at radius 2 is 2.07 bits per heavy atom. The molecule has 0 aromatic carbocycles. The number of carbonyl (C=O) groups excluding carboxylic acids is 2. The van der Waals surface area contributed by atoms with Gasteiger partial charge in [-0.1, -0.05) is 0 Å². The third-order valence-corrected chi connectivity index (χ3v) is 1.53. The molecule has 0 fully saturated rings. The van der Waals surface area contributed by atoms with Gasteiger partial charge in [0.15, 0.2) is 0 Å². The maximum Gasteiger partial charge on any atom is 0.328 e. The van der Waals surface area contributed by atoms with Crippen LogP contribution >= 0.6 is 11.6 Å². The van der Waals surface area contributed by atoms with Crippen LogP contribution in [-0.2, 0) is 14.3 Å². The highest BCUT2D eigenvalue weighted by Gasteiger charge is 2.21. The molecule has 0 aliphatic carbocycles. The molecular weight excluding hydrogens is 214 g/mol. The maximum atomic E-state index is 11.0. The number of carbonyl (C=O) groups is 3. The smallest absolute Gasteiger partial charge is 0.328 e. The zero-order chi connectivity index (χ0) is 11.1. The van der Waals surface area contributed by atoms with Gasteiger partial charge in [-0.3, -0.25) is 9.59 Å². The van der Waals surface area contributed by atoms with Crippen LogP contribution in [0.2, 0.25) is 0 Å². The summed E-state index contributed by atoms with van der Waals surface area (Å²) < 4.78 is 4.34. The SMILES string of the molecule is COC(=O)[C@@H](CCC(=O)O)NC(=O)Cl. The van der Waals surface area contributed by atoms with Crippen LogP contribution in [0.25, 0.3) is 0 Å². The van der Waals surface area contributed by atoms with Crippen LogP contribution in [0.4, 0.5) is 4.79 Å². The molecule has 0 unspecified atom stereocenters. The largest absolute Gasteiger partial charge is 0.481 e. The molecule has 6 nitrogen and oxygen atoms in total. The number of carboxylic acid groups (broad SMARTS) is 1. The van der Waals surface area contributed by atoms with Crippen LogP contribution in [-0.4, -0.2) is 35.6 Å². The van der Waals surface area contributed by atoms with E-state index in [2.05, 4.69) is 10.1 Å². The highest BCUT2D eigenvalue weighted by atomic mass is 35.5. The molecule has 0 heterocycles. The van der Waals surface area contributed by atoms with Gasteiger partial charge < -0.3 is 15.2 Å². The summed E-state index contributed by atoms with van der Waals surface area (Å²) in [6.45, 7) is 0. The molecule has 1 amide bonds. The second-order valence-electron chi connectivity index (χ2n) is 2.43. The molecule has 0 saturated carbocycles. The van der Waals surface area contributed by atoms with Gasteiger partial charge in [0.25, 0.3) is 0 Å². The van der Waals surface area contributed by atoms with Crippen molar-refractivity contribution in [1.82, 2.24) is 5.32 Å². The average molecular weight is 224 g/mol. The number of rotatable bonds is 5. The Morgan fingerprint density at radius 1 is 1.50 bits per heavy atom. The number of hydrogen-bond donors (Lipinski definition) is 2. The summed E-state index contributed by atoms with van der Waals surface area (Å²) in [5, 5.41) is 9.50. The van der Waals surface area contributed by atoms with E-state index < -0.39 is 23.3 Å². The number of hydrogen-bond acceptors (Lipinski definition) is 4. The Kier molecular flexibility index (Phi) is 5.62. The summed E-state index contributed by atoms with van der Waals surface area (Å²) in [7, 11) is 1.14. The molecule has 0 aliphatic heterocycles. The van der Waals surface area contributed by atoms with E-state index >= 15 is 0 Å². The molecule has 0 spiro atoms. The lowest BCUT2D eigenvalue weighted by Gasteiger charge is -2.12. The van der Waals surface area contributed by atoms with Gasteiger partial charge in [0, 0.05) is 6.42 Å². The highest BCUT2D eigenvalue weighted by Crippen LogP contribution is 2.00. The van der Waals surface area contributed by atoms with Gasteiger partial charge in [-0.05, 0) is 18.0 Å². The van der Waals surface area contributed by atoms with Crippen LogP contribution in [0.15, 0.2) is 0 Å². The van der Waals surface area contributed by atoms with Crippen molar-refractivity contribution in [2.45, 2.75) is 18.9 Å². The molecular formula is C7H10ClNO5. The molecule has 7 heteroatoms. The molecule has 0 saturated heterocycles. The molecule has 14 heavy (non-hydrogen) atoms. The molecule has 0 bridgehead atoms. The summed E-state index contributed by atoms with van der Waals surface area (Å²) in [5.74, 6) is -1.79. The first-order valence-electron chi connectivity index (χ1n) is 3.73. The van der Waals surface area contributed by atoms with Crippen LogP contribution in [0.3, 0.4) is 0 Å². The first-order chi connectivity index (χ1) is 6.47. The van der Waals surface area contributed by atoms with E-state index in [1.165, 1.54) is 0 Å². The van der Waals surface area contributed by atoms with E-state index in [9.17, 15) is 14.4 Å². The lowest BCUT2D eigenvalue weighted by Crippen LogP contribution is -2.39. The van der Waals surface area contributed by atoms with E-state index in [4.69, 9.17) is 16.7 Å². The maximum absolute atomic E-state index is 11.0. The standard InChI is InChI=1S/C7H10ClNO5/c1-14-6(12)4(9-7(8)13)2-3-5(10)11/h4H,2-3H2,1H3,(H,9,13)(H,10,11)/t4-/m1/s1. The van der Waals surface area contributed by atoms with Crippen LogP contribution in [0, 0.1) is 0 Å². The van der Waals surface area contributed by atoms with Crippen LogP contribution in [0.1, 0.15) is 12.8 Å².